The smallest absolute Gasteiger partial charge is 0.262 e. The van der Waals surface area contributed by atoms with Crippen LogP contribution >= 0.6 is 0 Å². The molecule has 2 aromatic rings. The van der Waals surface area contributed by atoms with Crippen molar-refractivity contribution in [2.45, 2.75) is 30.8 Å². The normalized spacial score (nSPS) is 15.0. The summed E-state index contributed by atoms with van der Waals surface area (Å²) in [6.07, 6.45) is 0.770. The molecule has 1 heterocycles. The van der Waals surface area contributed by atoms with Gasteiger partial charge in [-0.1, -0.05) is 18.2 Å². The van der Waals surface area contributed by atoms with Gasteiger partial charge in [-0.15, -0.1) is 0 Å². The quantitative estimate of drug-likeness (QED) is 0.830. The number of anilines is 1. The van der Waals surface area contributed by atoms with Crippen LogP contribution < -0.4 is 19.9 Å². The zero-order valence-electron chi connectivity index (χ0n) is 14.5. The molecule has 0 spiro atoms. The molecular formula is C18H20N2O5S. The van der Waals surface area contributed by atoms with Gasteiger partial charge in [-0.25, -0.2) is 13.6 Å². The summed E-state index contributed by atoms with van der Waals surface area (Å²) >= 11 is 0. The lowest BCUT2D eigenvalue weighted by Crippen LogP contribution is -2.25. The Labute approximate surface area is 152 Å². The van der Waals surface area contributed by atoms with Crippen molar-refractivity contribution in [3.63, 3.8) is 0 Å². The lowest BCUT2D eigenvalue weighted by Gasteiger charge is -2.18. The van der Waals surface area contributed by atoms with Crippen molar-refractivity contribution in [3.8, 4) is 11.5 Å². The average Bonchev–Trinajstić information content (AvgIpc) is 2.86. The molecule has 2 aromatic carbocycles. The number of fused-ring (bicyclic) bond motifs is 1. The maximum Gasteiger partial charge on any atom is 0.262 e. The minimum Gasteiger partial charge on any atom is -0.483 e. The van der Waals surface area contributed by atoms with Gasteiger partial charge in [0.2, 0.25) is 10.0 Å². The van der Waals surface area contributed by atoms with Crippen molar-refractivity contribution in [3.05, 3.63) is 48.0 Å². The summed E-state index contributed by atoms with van der Waals surface area (Å²) in [5, 5.41) is 7.67. The zero-order valence-corrected chi connectivity index (χ0v) is 15.3. The molecule has 0 fully saturated rings. The maximum absolute atomic E-state index is 12.1. The van der Waals surface area contributed by atoms with E-state index in [0.29, 0.717) is 17.2 Å². The van der Waals surface area contributed by atoms with Gasteiger partial charge >= 0.3 is 0 Å². The molecule has 0 aliphatic carbocycles. The monoisotopic (exact) mass is 376 g/mol. The number of hydrogen-bond acceptors (Lipinski definition) is 5. The molecule has 138 valence electrons. The summed E-state index contributed by atoms with van der Waals surface area (Å²) in [5.74, 6) is 0.731. The van der Waals surface area contributed by atoms with Crippen LogP contribution in [0.4, 0.5) is 5.69 Å². The number of benzene rings is 2. The molecule has 0 atom stereocenters. The molecule has 26 heavy (non-hydrogen) atoms. The predicted octanol–water partition coefficient (Wildman–Crippen LogP) is 2.06. The first-order valence-electron chi connectivity index (χ1n) is 8.00. The second kappa shape index (κ2) is 6.62. The summed E-state index contributed by atoms with van der Waals surface area (Å²) < 4.78 is 34.2. The first kappa shape index (κ1) is 18.2. The van der Waals surface area contributed by atoms with Crippen LogP contribution in [0.25, 0.3) is 0 Å². The van der Waals surface area contributed by atoms with E-state index < -0.39 is 15.9 Å². The minimum atomic E-state index is -3.83. The van der Waals surface area contributed by atoms with Gasteiger partial charge < -0.3 is 14.8 Å². The number of sulfonamides is 1. The van der Waals surface area contributed by atoms with Gasteiger partial charge in [-0.05, 0) is 38.1 Å². The molecule has 8 heteroatoms. The summed E-state index contributed by atoms with van der Waals surface area (Å²) in [6, 6.07) is 11.3. The molecule has 3 N–H and O–H groups in total. The van der Waals surface area contributed by atoms with Crippen molar-refractivity contribution in [2.24, 2.45) is 5.14 Å². The molecule has 1 aliphatic heterocycles. The summed E-state index contributed by atoms with van der Waals surface area (Å²) in [4.78, 5) is 12.0. The van der Waals surface area contributed by atoms with Gasteiger partial charge in [0.1, 0.15) is 5.60 Å². The first-order chi connectivity index (χ1) is 12.1. The number of primary sulfonamides is 1. The van der Waals surface area contributed by atoms with Gasteiger partial charge in [0.25, 0.3) is 5.91 Å². The molecular weight excluding hydrogens is 356 g/mol. The van der Waals surface area contributed by atoms with Crippen LogP contribution in [0.5, 0.6) is 11.5 Å². The van der Waals surface area contributed by atoms with E-state index in [9.17, 15) is 13.2 Å². The second-order valence-electron chi connectivity index (χ2n) is 6.69. The number of rotatable bonds is 5. The van der Waals surface area contributed by atoms with Crippen molar-refractivity contribution in [1.82, 2.24) is 0 Å². The Balaban J connectivity index is 1.66. The topological polar surface area (TPSA) is 108 Å². The van der Waals surface area contributed by atoms with E-state index in [1.165, 1.54) is 18.2 Å². The van der Waals surface area contributed by atoms with E-state index in [2.05, 4.69) is 5.32 Å². The van der Waals surface area contributed by atoms with E-state index in [0.717, 1.165) is 12.0 Å². The Morgan fingerprint density at radius 1 is 1.27 bits per heavy atom. The zero-order chi connectivity index (χ0) is 18.9. The number of carbonyl (C=O) groups excluding carboxylic acids is 1. The summed E-state index contributed by atoms with van der Waals surface area (Å²) in [6.45, 7) is 3.74. The number of amides is 1. The maximum atomic E-state index is 12.1. The molecule has 0 unspecified atom stereocenters. The predicted molar refractivity (Wildman–Crippen MR) is 96.8 cm³/mol. The number of nitrogens with two attached hydrogens (primary N) is 1. The highest BCUT2D eigenvalue weighted by atomic mass is 32.2. The molecule has 0 aromatic heterocycles. The van der Waals surface area contributed by atoms with E-state index in [4.69, 9.17) is 14.6 Å². The Kier molecular flexibility index (Phi) is 4.64. The van der Waals surface area contributed by atoms with Crippen LogP contribution in [-0.4, -0.2) is 26.5 Å². The Morgan fingerprint density at radius 3 is 2.73 bits per heavy atom. The number of nitrogens with one attached hydrogen (secondary N) is 1. The first-order valence-corrected chi connectivity index (χ1v) is 9.55. The van der Waals surface area contributed by atoms with Gasteiger partial charge in [-0.3, -0.25) is 4.79 Å². The van der Waals surface area contributed by atoms with Crippen LogP contribution in [0.2, 0.25) is 0 Å². The van der Waals surface area contributed by atoms with Crippen molar-refractivity contribution in [1.29, 1.82) is 0 Å². The van der Waals surface area contributed by atoms with E-state index in [1.54, 1.807) is 12.1 Å². The Morgan fingerprint density at radius 2 is 2.00 bits per heavy atom. The lowest BCUT2D eigenvalue weighted by atomic mass is 10.0. The summed E-state index contributed by atoms with van der Waals surface area (Å²) in [7, 11) is -3.83. The van der Waals surface area contributed by atoms with E-state index in [1.807, 2.05) is 26.0 Å². The SMILES string of the molecule is CC1(C)Cc2cccc(OCC(=O)Nc3cccc(S(N)(=O)=O)c3)c2O1. The fourth-order valence-corrected chi connectivity index (χ4v) is 3.35. The fraction of sp³-hybridized carbons (Fsp3) is 0.278. The fourth-order valence-electron chi connectivity index (χ4n) is 2.79. The van der Waals surface area contributed by atoms with Crippen LogP contribution in [0.3, 0.4) is 0 Å². The number of carbonyl (C=O) groups is 1. The molecule has 1 aliphatic rings. The van der Waals surface area contributed by atoms with Crippen molar-refractivity contribution in [2.75, 3.05) is 11.9 Å². The number of ether oxygens (including phenoxy) is 2. The molecule has 3 rings (SSSR count). The van der Waals surface area contributed by atoms with Crippen LogP contribution in [0, 0.1) is 0 Å². The third-order valence-corrected chi connectivity index (χ3v) is 4.77. The largest absolute Gasteiger partial charge is 0.483 e. The van der Waals surface area contributed by atoms with Crippen LogP contribution in [0.1, 0.15) is 19.4 Å². The minimum absolute atomic E-state index is 0.0762. The Hall–Kier alpha value is -2.58. The van der Waals surface area contributed by atoms with Gasteiger partial charge in [0.15, 0.2) is 18.1 Å². The highest BCUT2D eigenvalue weighted by Crippen LogP contribution is 2.41. The van der Waals surface area contributed by atoms with Gasteiger partial charge in [0.05, 0.1) is 4.90 Å². The van der Waals surface area contributed by atoms with Crippen LogP contribution in [-0.2, 0) is 21.2 Å². The standard InChI is InChI=1S/C18H20N2O5S/c1-18(2)10-12-5-3-8-15(17(12)25-18)24-11-16(21)20-13-6-4-7-14(9-13)26(19,22)23/h3-9H,10-11H2,1-2H3,(H,20,21)(H2,19,22,23). The highest BCUT2D eigenvalue weighted by Gasteiger charge is 2.32. The molecule has 0 saturated heterocycles. The number of hydrogen-bond donors (Lipinski definition) is 2. The Bertz CT molecular complexity index is 954. The molecule has 0 radical (unpaired) electrons. The molecule has 7 nitrogen and oxygen atoms in total. The average molecular weight is 376 g/mol. The summed E-state index contributed by atoms with van der Waals surface area (Å²) in [5.41, 5.74) is 1.05. The highest BCUT2D eigenvalue weighted by molar-refractivity contribution is 7.89. The van der Waals surface area contributed by atoms with E-state index in [-0.39, 0.29) is 17.1 Å². The number of para-hydroxylation sites is 1. The second-order valence-corrected chi connectivity index (χ2v) is 8.25. The van der Waals surface area contributed by atoms with E-state index >= 15 is 0 Å². The van der Waals surface area contributed by atoms with Crippen molar-refractivity contribution < 1.29 is 22.7 Å². The van der Waals surface area contributed by atoms with Crippen molar-refractivity contribution >= 4 is 21.6 Å². The third kappa shape index (κ3) is 4.14. The molecule has 1 amide bonds. The molecule has 0 saturated carbocycles. The van der Waals surface area contributed by atoms with Gasteiger partial charge in [0, 0.05) is 17.7 Å². The molecule has 0 bridgehead atoms. The third-order valence-electron chi connectivity index (χ3n) is 3.86. The van der Waals surface area contributed by atoms with Gasteiger partial charge in [-0.2, -0.15) is 0 Å². The van der Waals surface area contributed by atoms with Crippen LogP contribution in [0.15, 0.2) is 47.4 Å². The lowest BCUT2D eigenvalue weighted by molar-refractivity contribution is -0.118.